The number of hydrogen-bond acceptors (Lipinski definition) is 3. The number of imidazole rings is 1. The Morgan fingerprint density at radius 1 is 1.24 bits per heavy atom. The Labute approximate surface area is 151 Å². The van der Waals surface area contributed by atoms with Crippen molar-refractivity contribution in [2.75, 3.05) is 13.1 Å². The van der Waals surface area contributed by atoms with Crippen molar-refractivity contribution >= 4 is 0 Å². The second-order valence-corrected chi connectivity index (χ2v) is 8.12. The van der Waals surface area contributed by atoms with E-state index in [1.54, 1.807) is 0 Å². The smallest absolute Gasteiger partial charge is 0.122 e. The van der Waals surface area contributed by atoms with Crippen LogP contribution < -0.4 is 5.32 Å². The lowest BCUT2D eigenvalue weighted by molar-refractivity contribution is 0.182. The molecule has 0 unspecified atom stereocenters. The van der Waals surface area contributed by atoms with Gasteiger partial charge in [-0.05, 0) is 62.7 Å². The Hall–Kier alpha value is -1.65. The Morgan fingerprint density at radius 3 is 2.76 bits per heavy atom. The van der Waals surface area contributed by atoms with E-state index in [0.717, 1.165) is 13.1 Å². The summed E-state index contributed by atoms with van der Waals surface area (Å²) in [6, 6.07) is 7.54. The molecule has 2 aliphatic rings. The highest BCUT2D eigenvalue weighted by molar-refractivity contribution is 5.31. The van der Waals surface area contributed by atoms with Gasteiger partial charge in [-0.1, -0.05) is 23.8 Å². The number of benzene rings is 1. The van der Waals surface area contributed by atoms with Gasteiger partial charge in [-0.15, -0.1) is 0 Å². The van der Waals surface area contributed by atoms with Crippen LogP contribution in [0.4, 0.5) is 0 Å². The molecule has 1 aliphatic heterocycles. The summed E-state index contributed by atoms with van der Waals surface area (Å²) < 4.78 is 2.16. The number of nitrogens with one attached hydrogen (secondary N) is 1. The molecule has 4 rings (SSSR count). The fraction of sp³-hybridized carbons (Fsp3) is 0.571. The third-order valence-electron chi connectivity index (χ3n) is 6.33. The van der Waals surface area contributed by atoms with Gasteiger partial charge in [0.15, 0.2) is 0 Å². The molecule has 4 heteroatoms. The van der Waals surface area contributed by atoms with Crippen molar-refractivity contribution in [3.63, 3.8) is 0 Å². The molecule has 2 heterocycles. The number of aromatic nitrogens is 2. The maximum atomic E-state index is 4.59. The SMILES string of the molecule is Cc1ccc(C)c(CN(Cc2nccn2C)[C@@H]2CC23CCNCC3)c1. The molecular formula is C21H30N4. The lowest BCUT2D eigenvalue weighted by atomic mass is 9.93. The summed E-state index contributed by atoms with van der Waals surface area (Å²) in [5, 5.41) is 3.53. The molecule has 2 fully saturated rings. The van der Waals surface area contributed by atoms with E-state index in [1.165, 1.54) is 54.9 Å². The normalized spacial score (nSPS) is 21.8. The standard InChI is InChI=1S/C21H30N4/c1-16-4-5-17(2)18(12-16)14-25(15-20-23-10-11-24(20)3)19-13-21(19)6-8-22-9-7-21/h4-5,10-12,19,22H,6-9,13-15H2,1-3H3/t19-/m1/s1. The fourth-order valence-electron chi connectivity index (χ4n) is 4.50. The summed E-state index contributed by atoms with van der Waals surface area (Å²) >= 11 is 0. The Kier molecular flexibility index (Phi) is 4.42. The van der Waals surface area contributed by atoms with Crippen molar-refractivity contribution in [1.82, 2.24) is 19.8 Å². The van der Waals surface area contributed by atoms with Gasteiger partial charge in [0, 0.05) is 32.0 Å². The average molecular weight is 338 g/mol. The Balaban J connectivity index is 1.58. The molecule has 0 bridgehead atoms. The van der Waals surface area contributed by atoms with E-state index < -0.39 is 0 Å². The van der Waals surface area contributed by atoms with E-state index in [9.17, 15) is 0 Å². The van der Waals surface area contributed by atoms with Gasteiger partial charge >= 0.3 is 0 Å². The third kappa shape index (κ3) is 3.38. The van der Waals surface area contributed by atoms with Crippen LogP contribution in [0.5, 0.6) is 0 Å². The molecule has 134 valence electrons. The topological polar surface area (TPSA) is 33.1 Å². The van der Waals surface area contributed by atoms with E-state index in [2.05, 4.69) is 65.1 Å². The molecule has 2 aromatic rings. The van der Waals surface area contributed by atoms with Gasteiger partial charge in [-0.2, -0.15) is 0 Å². The average Bonchev–Trinajstić information content (AvgIpc) is 3.13. The molecule has 1 saturated heterocycles. The minimum Gasteiger partial charge on any atom is -0.337 e. The minimum absolute atomic E-state index is 0.550. The molecule has 1 atom stereocenters. The van der Waals surface area contributed by atoms with Crippen molar-refractivity contribution in [1.29, 1.82) is 0 Å². The highest BCUT2D eigenvalue weighted by Gasteiger charge is 2.56. The van der Waals surface area contributed by atoms with Crippen LogP contribution in [0.1, 0.15) is 41.8 Å². The van der Waals surface area contributed by atoms with E-state index >= 15 is 0 Å². The van der Waals surface area contributed by atoms with Crippen LogP contribution in [0.2, 0.25) is 0 Å². The Bertz CT molecular complexity index is 742. The zero-order chi connectivity index (χ0) is 17.4. The lowest BCUT2D eigenvalue weighted by Gasteiger charge is -2.30. The quantitative estimate of drug-likeness (QED) is 0.909. The molecule has 1 spiro atoms. The fourth-order valence-corrected chi connectivity index (χ4v) is 4.50. The van der Waals surface area contributed by atoms with Crippen LogP contribution >= 0.6 is 0 Å². The molecule has 0 radical (unpaired) electrons. The number of rotatable bonds is 5. The number of piperidine rings is 1. The predicted molar refractivity (Wildman–Crippen MR) is 101 cm³/mol. The summed E-state index contributed by atoms with van der Waals surface area (Å²) in [6.45, 7) is 8.75. The summed E-state index contributed by atoms with van der Waals surface area (Å²) in [7, 11) is 2.10. The molecule has 1 N–H and O–H groups in total. The first-order valence-corrected chi connectivity index (χ1v) is 9.54. The zero-order valence-corrected chi connectivity index (χ0v) is 15.8. The zero-order valence-electron chi connectivity index (χ0n) is 15.8. The second kappa shape index (κ2) is 6.58. The van der Waals surface area contributed by atoms with Crippen molar-refractivity contribution in [2.24, 2.45) is 12.5 Å². The summed E-state index contributed by atoms with van der Waals surface area (Å²) in [6.07, 6.45) is 7.96. The van der Waals surface area contributed by atoms with Crippen molar-refractivity contribution < 1.29 is 0 Å². The van der Waals surface area contributed by atoms with Crippen LogP contribution in [0.15, 0.2) is 30.6 Å². The van der Waals surface area contributed by atoms with Crippen LogP contribution in [0.25, 0.3) is 0 Å². The third-order valence-corrected chi connectivity index (χ3v) is 6.33. The van der Waals surface area contributed by atoms with Crippen molar-refractivity contribution in [2.45, 2.75) is 52.2 Å². The monoisotopic (exact) mass is 338 g/mol. The second-order valence-electron chi connectivity index (χ2n) is 8.12. The van der Waals surface area contributed by atoms with E-state index in [0.29, 0.717) is 11.5 Å². The molecule has 1 aromatic heterocycles. The van der Waals surface area contributed by atoms with Crippen LogP contribution in [0, 0.1) is 19.3 Å². The molecule has 25 heavy (non-hydrogen) atoms. The summed E-state index contributed by atoms with van der Waals surface area (Å²) in [5.41, 5.74) is 4.76. The van der Waals surface area contributed by atoms with Crippen molar-refractivity contribution in [3.8, 4) is 0 Å². The number of nitrogens with zero attached hydrogens (tertiary/aromatic N) is 3. The molecule has 1 aliphatic carbocycles. The Morgan fingerprint density at radius 2 is 2.04 bits per heavy atom. The summed E-state index contributed by atoms with van der Waals surface area (Å²) in [5.74, 6) is 1.17. The molecule has 4 nitrogen and oxygen atoms in total. The van der Waals surface area contributed by atoms with Gasteiger partial charge in [0.25, 0.3) is 0 Å². The van der Waals surface area contributed by atoms with Crippen LogP contribution in [-0.4, -0.2) is 33.6 Å². The molecule has 1 saturated carbocycles. The first-order valence-electron chi connectivity index (χ1n) is 9.54. The first-order chi connectivity index (χ1) is 12.1. The maximum Gasteiger partial charge on any atom is 0.122 e. The molecule has 0 amide bonds. The molecule has 1 aromatic carbocycles. The minimum atomic E-state index is 0.550. The highest BCUT2D eigenvalue weighted by Crippen LogP contribution is 2.56. The number of hydrogen-bond donors (Lipinski definition) is 1. The van der Waals surface area contributed by atoms with Gasteiger partial charge in [-0.25, -0.2) is 4.98 Å². The summed E-state index contributed by atoms with van der Waals surface area (Å²) in [4.78, 5) is 7.28. The highest BCUT2D eigenvalue weighted by atomic mass is 15.2. The predicted octanol–water partition coefficient (Wildman–Crippen LogP) is 3.18. The van der Waals surface area contributed by atoms with Gasteiger partial charge in [0.2, 0.25) is 0 Å². The van der Waals surface area contributed by atoms with E-state index in [4.69, 9.17) is 0 Å². The first kappa shape index (κ1) is 16.8. The van der Waals surface area contributed by atoms with Crippen LogP contribution in [0.3, 0.4) is 0 Å². The van der Waals surface area contributed by atoms with Gasteiger partial charge in [-0.3, -0.25) is 4.90 Å². The van der Waals surface area contributed by atoms with E-state index in [-0.39, 0.29) is 0 Å². The van der Waals surface area contributed by atoms with Crippen molar-refractivity contribution in [3.05, 3.63) is 53.1 Å². The van der Waals surface area contributed by atoms with Crippen LogP contribution in [-0.2, 0) is 20.1 Å². The number of aryl methyl sites for hydroxylation is 3. The molecular weight excluding hydrogens is 308 g/mol. The largest absolute Gasteiger partial charge is 0.337 e. The maximum absolute atomic E-state index is 4.59. The lowest BCUT2D eigenvalue weighted by Crippen LogP contribution is -2.36. The van der Waals surface area contributed by atoms with Gasteiger partial charge < -0.3 is 9.88 Å². The van der Waals surface area contributed by atoms with Gasteiger partial charge in [0.1, 0.15) is 5.82 Å². The van der Waals surface area contributed by atoms with Gasteiger partial charge in [0.05, 0.1) is 6.54 Å². The van der Waals surface area contributed by atoms with E-state index in [1.807, 2.05) is 6.20 Å².